The summed E-state index contributed by atoms with van der Waals surface area (Å²) in [6.07, 6.45) is 1.28. The summed E-state index contributed by atoms with van der Waals surface area (Å²) in [4.78, 5) is 14.4. The first-order valence-electron chi connectivity index (χ1n) is 6.74. The van der Waals surface area contributed by atoms with E-state index in [4.69, 9.17) is 9.47 Å². The maximum Gasteiger partial charge on any atom is 0.311 e. The van der Waals surface area contributed by atoms with Gasteiger partial charge in [-0.1, -0.05) is 12.1 Å². The molecule has 0 spiro atoms. The van der Waals surface area contributed by atoms with Gasteiger partial charge in [-0.3, -0.25) is 10.1 Å². The Labute approximate surface area is 128 Å². The van der Waals surface area contributed by atoms with Gasteiger partial charge in [0.05, 0.1) is 18.6 Å². The fraction of sp³-hybridized carbons (Fsp3) is 0.267. The van der Waals surface area contributed by atoms with Gasteiger partial charge in [0.15, 0.2) is 11.5 Å². The topological polar surface area (TPSA) is 86.5 Å². The largest absolute Gasteiger partial charge is 0.493 e. The van der Waals surface area contributed by atoms with Crippen LogP contribution in [0.1, 0.15) is 6.92 Å². The molecule has 116 valence electrons. The van der Waals surface area contributed by atoms with Crippen molar-refractivity contribution < 1.29 is 14.4 Å². The van der Waals surface area contributed by atoms with Crippen LogP contribution in [0.15, 0.2) is 42.6 Å². The van der Waals surface area contributed by atoms with Crippen molar-refractivity contribution in [1.82, 2.24) is 4.98 Å². The van der Waals surface area contributed by atoms with Crippen LogP contribution in [0.5, 0.6) is 11.5 Å². The van der Waals surface area contributed by atoms with Crippen LogP contribution in [-0.2, 0) is 0 Å². The van der Waals surface area contributed by atoms with E-state index in [2.05, 4.69) is 10.3 Å². The summed E-state index contributed by atoms with van der Waals surface area (Å²) in [6, 6.07) is 10.2. The van der Waals surface area contributed by atoms with Crippen molar-refractivity contribution in [2.24, 2.45) is 0 Å². The molecule has 0 bridgehead atoms. The lowest BCUT2D eigenvalue weighted by Crippen LogP contribution is -2.23. The lowest BCUT2D eigenvalue weighted by Gasteiger charge is -2.17. The molecule has 1 aromatic carbocycles. The third kappa shape index (κ3) is 3.85. The third-order valence-corrected chi connectivity index (χ3v) is 2.94. The third-order valence-electron chi connectivity index (χ3n) is 2.94. The van der Waals surface area contributed by atoms with Gasteiger partial charge in [0.1, 0.15) is 6.10 Å². The molecule has 0 radical (unpaired) electrons. The second-order valence-corrected chi connectivity index (χ2v) is 4.59. The van der Waals surface area contributed by atoms with Crippen molar-refractivity contribution in [3.8, 4) is 11.5 Å². The molecule has 7 nitrogen and oxygen atoms in total. The van der Waals surface area contributed by atoms with Crippen LogP contribution in [0, 0.1) is 10.1 Å². The van der Waals surface area contributed by atoms with E-state index in [0.29, 0.717) is 18.0 Å². The van der Waals surface area contributed by atoms with Crippen molar-refractivity contribution in [3.05, 3.63) is 52.7 Å². The number of nitrogens with zero attached hydrogens (tertiary/aromatic N) is 2. The summed E-state index contributed by atoms with van der Waals surface area (Å²) in [6.45, 7) is 2.23. The zero-order valence-electron chi connectivity index (χ0n) is 12.4. The highest BCUT2D eigenvalue weighted by Gasteiger charge is 2.15. The number of pyridine rings is 1. The van der Waals surface area contributed by atoms with Gasteiger partial charge < -0.3 is 14.8 Å². The maximum absolute atomic E-state index is 10.9. The number of hydrogen-bond acceptors (Lipinski definition) is 6. The van der Waals surface area contributed by atoms with Crippen LogP contribution < -0.4 is 14.8 Å². The van der Waals surface area contributed by atoms with Gasteiger partial charge in [-0.05, 0) is 25.1 Å². The summed E-state index contributed by atoms with van der Waals surface area (Å²) in [5, 5.41) is 13.9. The molecule has 0 saturated heterocycles. The highest BCUT2D eigenvalue weighted by Crippen LogP contribution is 2.27. The minimum absolute atomic E-state index is 0.0630. The second kappa shape index (κ2) is 7.26. The molecule has 2 aromatic rings. The van der Waals surface area contributed by atoms with E-state index in [1.807, 2.05) is 19.1 Å². The van der Waals surface area contributed by atoms with E-state index in [1.165, 1.54) is 18.3 Å². The molecule has 22 heavy (non-hydrogen) atoms. The lowest BCUT2D eigenvalue weighted by atomic mass is 10.3. The maximum atomic E-state index is 10.9. The van der Waals surface area contributed by atoms with Crippen LogP contribution in [-0.4, -0.2) is 29.7 Å². The molecule has 2 rings (SSSR count). The minimum atomic E-state index is -0.471. The lowest BCUT2D eigenvalue weighted by molar-refractivity contribution is -0.384. The summed E-state index contributed by atoms with van der Waals surface area (Å²) in [7, 11) is 1.57. The number of anilines is 1. The number of ether oxygens (including phenoxy) is 2. The predicted octanol–water partition coefficient (Wildman–Crippen LogP) is 2.88. The zero-order valence-corrected chi connectivity index (χ0v) is 12.4. The van der Waals surface area contributed by atoms with E-state index in [1.54, 1.807) is 19.2 Å². The number of nitrogens with one attached hydrogen (secondary N) is 1. The number of benzene rings is 1. The Kier molecular flexibility index (Phi) is 5.13. The smallest absolute Gasteiger partial charge is 0.311 e. The molecule has 1 unspecified atom stereocenters. The number of hydrogen-bond donors (Lipinski definition) is 1. The fourth-order valence-corrected chi connectivity index (χ4v) is 1.90. The van der Waals surface area contributed by atoms with Crippen LogP contribution in [0.4, 0.5) is 11.5 Å². The van der Waals surface area contributed by atoms with E-state index in [-0.39, 0.29) is 17.6 Å². The Hall–Kier alpha value is -2.83. The normalized spacial score (nSPS) is 11.5. The van der Waals surface area contributed by atoms with Crippen molar-refractivity contribution in [1.29, 1.82) is 0 Å². The van der Waals surface area contributed by atoms with E-state index in [0.717, 1.165) is 0 Å². The van der Waals surface area contributed by atoms with Gasteiger partial charge in [0, 0.05) is 12.3 Å². The van der Waals surface area contributed by atoms with Crippen LogP contribution in [0.2, 0.25) is 0 Å². The summed E-state index contributed by atoms with van der Waals surface area (Å²) >= 11 is 0. The Morgan fingerprint density at radius 1 is 1.27 bits per heavy atom. The molecule has 1 atom stereocenters. The zero-order chi connectivity index (χ0) is 15.9. The number of para-hydroxylation sites is 2. The first-order chi connectivity index (χ1) is 10.6. The Morgan fingerprint density at radius 3 is 2.68 bits per heavy atom. The van der Waals surface area contributed by atoms with Gasteiger partial charge >= 0.3 is 5.69 Å². The van der Waals surface area contributed by atoms with Crippen molar-refractivity contribution >= 4 is 11.5 Å². The van der Waals surface area contributed by atoms with E-state index < -0.39 is 4.92 Å². The molecule has 0 aliphatic heterocycles. The molecular weight excluding hydrogens is 286 g/mol. The number of aromatic nitrogens is 1. The van der Waals surface area contributed by atoms with Crippen LogP contribution in [0.25, 0.3) is 0 Å². The number of rotatable bonds is 7. The molecular formula is C15H17N3O4. The standard InChI is InChI=1S/C15H17N3O4/c1-11(22-14-8-4-3-7-13(14)21-2)10-17-15-12(18(19)20)6-5-9-16-15/h3-9,11H,10H2,1-2H3,(H,16,17). The van der Waals surface area contributed by atoms with Gasteiger partial charge in [-0.25, -0.2) is 4.98 Å². The number of nitro groups is 1. The second-order valence-electron chi connectivity index (χ2n) is 4.59. The Bertz CT molecular complexity index is 648. The minimum Gasteiger partial charge on any atom is -0.493 e. The Morgan fingerprint density at radius 2 is 2.00 bits per heavy atom. The summed E-state index contributed by atoms with van der Waals surface area (Å²) in [5.41, 5.74) is -0.0630. The average molecular weight is 303 g/mol. The van der Waals surface area contributed by atoms with Gasteiger partial charge in [0.25, 0.3) is 0 Å². The highest BCUT2D eigenvalue weighted by atomic mass is 16.6. The van der Waals surface area contributed by atoms with Gasteiger partial charge in [-0.2, -0.15) is 0 Å². The summed E-state index contributed by atoms with van der Waals surface area (Å²) < 4.78 is 11.0. The molecule has 1 N–H and O–H groups in total. The SMILES string of the molecule is COc1ccccc1OC(C)CNc1ncccc1[N+](=O)[O-]. The highest BCUT2D eigenvalue weighted by molar-refractivity contribution is 5.55. The van der Waals surface area contributed by atoms with Gasteiger partial charge in [-0.15, -0.1) is 0 Å². The van der Waals surface area contributed by atoms with Crippen LogP contribution >= 0.6 is 0 Å². The average Bonchev–Trinajstić information content (AvgIpc) is 2.53. The molecule has 1 heterocycles. The molecule has 0 aliphatic rings. The molecule has 1 aromatic heterocycles. The Balaban J connectivity index is 1.99. The molecule has 0 fully saturated rings. The molecule has 0 aliphatic carbocycles. The molecule has 0 saturated carbocycles. The number of methoxy groups -OCH3 is 1. The van der Waals surface area contributed by atoms with Crippen molar-refractivity contribution in [2.45, 2.75) is 13.0 Å². The first kappa shape index (κ1) is 15.6. The van der Waals surface area contributed by atoms with E-state index in [9.17, 15) is 10.1 Å². The quantitative estimate of drug-likeness (QED) is 0.625. The fourth-order valence-electron chi connectivity index (χ4n) is 1.90. The van der Waals surface area contributed by atoms with E-state index >= 15 is 0 Å². The molecule has 7 heteroatoms. The summed E-state index contributed by atoms with van der Waals surface area (Å²) in [5.74, 6) is 1.48. The van der Waals surface area contributed by atoms with Crippen LogP contribution in [0.3, 0.4) is 0 Å². The monoisotopic (exact) mass is 303 g/mol. The van der Waals surface area contributed by atoms with Crippen molar-refractivity contribution in [2.75, 3.05) is 19.0 Å². The molecule has 0 amide bonds. The van der Waals surface area contributed by atoms with Crippen molar-refractivity contribution in [3.63, 3.8) is 0 Å². The van der Waals surface area contributed by atoms with Gasteiger partial charge in [0.2, 0.25) is 5.82 Å². The first-order valence-corrected chi connectivity index (χ1v) is 6.74. The predicted molar refractivity (Wildman–Crippen MR) is 82.5 cm³/mol.